The summed E-state index contributed by atoms with van der Waals surface area (Å²) in [7, 11) is 0. The Morgan fingerprint density at radius 2 is 1.58 bits per heavy atom. The summed E-state index contributed by atoms with van der Waals surface area (Å²) in [5.41, 5.74) is 0.888. The summed E-state index contributed by atoms with van der Waals surface area (Å²) >= 11 is 5.59. The van der Waals surface area contributed by atoms with Gasteiger partial charge in [-0.2, -0.15) is 0 Å². The standard InChI is InChI=1S/C7H7ClO.C2H6O/c8-7-3-1-6(5-9)2-4-7;1-2-3/h1-4,9H,5H2;3H,2H2,1H3. The van der Waals surface area contributed by atoms with Gasteiger partial charge in [-0.3, -0.25) is 0 Å². The van der Waals surface area contributed by atoms with E-state index in [0.29, 0.717) is 5.02 Å². The van der Waals surface area contributed by atoms with Gasteiger partial charge in [-0.1, -0.05) is 23.7 Å². The van der Waals surface area contributed by atoms with Crippen molar-refractivity contribution in [2.75, 3.05) is 6.61 Å². The smallest absolute Gasteiger partial charge is 0.0681 e. The van der Waals surface area contributed by atoms with Gasteiger partial charge < -0.3 is 10.2 Å². The number of rotatable bonds is 1. The minimum Gasteiger partial charge on any atom is -0.397 e. The molecule has 68 valence electrons. The van der Waals surface area contributed by atoms with Crippen LogP contribution in [0.1, 0.15) is 12.5 Å². The number of halogens is 1. The second-order valence-corrected chi connectivity index (χ2v) is 2.54. The first kappa shape index (κ1) is 11.4. The van der Waals surface area contributed by atoms with Crippen LogP contribution in [-0.2, 0) is 6.61 Å². The van der Waals surface area contributed by atoms with Crippen LogP contribution in [0.4, 0.5) is 0 Å². The fraction of sp³-hybridized carbons (Fsp3) is 0.333. The van der Waals surface area contributed by atoms with E-state index in [0.717, 1.165) is 5.56 Å². The van der Waals surface area contributed by atoms with E-state index in [4.69, 9.17) is 21.8 Å². The summed E-state index contributed by atoms with van der Waals surface area (Å²) in [6, 6.07) is 7.10. The third-order valence-corrected chi connectivity index (χ3v) is 1.35. The molecular weight excluding hydrogens is 176 g/mol. The van der Waals surface area contributed by atoms with Gasteiger partial charge in [0.05, 0.1) is 6.61 Å². The zero-order chi connectivity index (χ0) is 9.40. The van der Waals surface area contributed by atoms with E-state index in [-0.39, 0.29) is 13.2 Å². The average molecular weight is 189 g/mol. The molecule has 0 radical (unpaired) electrons. The van der Waals surface area contributed by atoms with Crippen molar-refractivity contribution in [2.45, 2.75) is 13.5 Å². The minimum absolute atomic E-state index is 0.0805. The highest BCUT2D eigenvalue weighted by atomic mass is 35.5. The van der Waals surface area contributed by atoms with Gasteiger partial charge in [-0.05, 0) is 24.6 Å². The zero-order valence-electron chi connectivity index (χ0n) is 7.00. The van der Waals surface area contributed by atoms with Gasteiger partial charge in [-0.15, -0.1) is 0 Å². The molecule has 0 amide bonds. The van der Waals surface area contributed by atoms with Gasteiger partial charge in [0, 0.05) is 11.6 Å². The van der Waals surface area contributed by atoms with Crippen molar-refractivity contribution in [1.29, 1.82) is 0 Å². The molecule has 0 bridgehead atoms. The average Bonchev–Trinajstić information content (AvgIpc) is 2.07. The molecule has 3 heteroatoms. The fourth-order valence-electron chi connectivity index (χ4n) is 0.590. The first-order valence-corrected chi connectivity index (χ1v) is 4.08. The van der Waals surface area contributed by atoms with Crippen LogP contribution in [0.2, 0.25) is 5.02 Å². The van der Waals surface area contributed by atoms with Crippen molar-refractivity contribution in [3.63, 3.8) is 0 Å². The summed E-state index contributed by atoms with van der Waals surface area (Å²) in [5, 5.41) is 16.9. The molecule has 0 aliphatic heterocycles. The molecule has 12 heavy (non-hydrogen) atoms. The SMILES string of the molecule is CCO.OCc1ccc(Cl)cc1. The number of benzene rings is 1. The number of aliphatic hydroxyl groups is 2. The van der Waals surface area contributed by atoms with E-state index in [9.17, 15) is 0 Å². The van der Waals surface area contributed by atoms with Crippen LogP contribution in [0.3, 0.4) is 0 Å². The largest absolute Gasteiger partial charge is 0.397 e. The van der Waals surface area contributed by atoms with Gasteiger partial charge >= 0.3 is 0 Å². The summed E-state index contributed by atoms with van der Waals surface area (Å²) in [4.78, 5) is 0. The molecule has 0 saturated carbocycles. The van der Waals surface area contributed by atoms with E-state index < -0.39 is 0 Å². The van der Waals surface area contributed by atoms with Crippen LogP contribution in [0, 0.1) is 0 Å². The van der Waals surface area contributed by atoms with Gasteiger partial charge in [0.25, 0.3) is 0 Å². The lowest BCUT2D eigenvalue weighted by Gasteiger charge is -1.92. The minimum atomic E-state index is 0.0805. The van der Waals surface area contributed by atoms with Crippen molar-refractivity contribution < 1.29 is 10.2 Å². The molecular formula is C9H13ClO2. The quantitative estimate of drug-likeness (QED) is 0.706. The Bertz CT molecular complexity index is 196. The Hall–Kier alpha value is -0.570. The maximum Gasteiger partial charge on any atom is 0.0681 e. The normalized spacial score (nSPS) is 8.67. The van der Waals surface area contributed by atoms with E-state index in [2.05, 4.69) is 0 Å². The lowest BCUT2D eigenvalue weighted by molar-refractivity contribution is 0.282. The molecule has 0 saturated heterocycles. The van der Waals surface area contributed by atoms with Gasteiger partial charge in [0.15, 0.2) is 0 Å². The van der Waals surface area contributed by atoms with Crippen molar-refractivity contribution >= 4 is 11.6 Å². The van der Waals surface area contributed by atoms with E-state index in [1.54, 1.807) is 31.2 Å². The summed E-state index contributed by atoms with van der Waals surface area (Å²) in [6.07, 6.45) is 0. The molecule has 1 rings (SSSR count). The highest BCUT2D eigenvalue weighted by molar-refractivity contribution is 6.30. The van der Waals surface area contributed by atoms with Crippen molar-refractivity contribution in [3.8, 4) is 0 Å². The maximum atomic E-state index is 8.59. The molecule has 0 unspecified atom stereocenters. The molecule has 1 aromatic rings. The van der Waals surface area contributed by atoms with Gasteiger partial charge in [0.2, 0.25) is 0 Å². The summed E-state index contributed by atoms with van der Waals surface area (Å²) in [5.74, 6) is 0. The number of aliphatic hydroxyl groups excluding tert-OH is 2. The van der Waals surface area contributed by atoms with Crippen molar-refractivity contribution in [1.82, 2.24) is 0 Å². The predicted octanol–water partition coefficient (Wildman–Crippen LogP) is 1.83. The maximum absolute atomic E-state index is 8.59. The van der Waals surface area contributed by atoms with Gasteiger partial charge in [-0.25, -0.2) is 0 Å². The van der Waals surface area contributed by atoms with Crippen molar-refractivity contribution in [2.24, 2.45) is 0 Å². The highest BCUT2D eigenvalue weighted by Crippen LogP contribution is 2.08. The molecule has 0 spiro atoms. The zero-order valence-corrected chi connectivity index (χ0v) is 7.75. The first-order valence-electron chi connectivity index (χ1n) is 3.70. The summed E-state index contributed by atoms with van der Waals surface area (Å²) < 4.78 is 0. The lowest BCUT2D eigenvalue weighted by atomic mass is 10.2. The Morgan fingerprint density at radius 3 is 1.92 bits per heavy atom. The first-order chi connectivity index (χ1) is 5.74. The van der Waals surface area contributed by atoms with E-state index in [1.165, 1.54) is 0 Å². The molecule has 1 aromatic carbocycles. The Balaban J connectivity index is 0.000000354. The van der Waals surface area contributed by atoms with E-state index >= 15 is 0 Å². The Kier molecular flexibility index (Phi) is 6.76. The lowest BCUT2D eigenvalue weighted by Crippen LogP contribution is -1.79. The molecule has 0 aromatic heterocycles. The van der Waals surface area contributed by atoms with Crippen LogP contribution < -0.4 is 0 Å². The summed E-state index contributed by atoms with van der Waals surface area (Å²) in [6.45, 7) is 2.01. The molecule has 0 heterocycles. The van der Waals surface area contributed by atoms with Crippen LogP contribution in [0.15, 0.2) is 24.3 Å². The third-order valence-electron chi connectivity index (χ3n) is 1.10. The highest BCUT2D eigenvalue weighted by Gasteiger charge is 1.87. The molecule has 2 nitrogen and oxygen atoms in total. The molecule has 0 atom stereocenters. The second-order valence-electron chi connectivity index (χ2n) is 2.10. The molecule has 0 aliphatic rings. The number of hydrogen-bond acceptors (Lipinski definition) is 2. The second kappa shape index (κ2) is 7.10. The van der Waals surface area contributed by atoms with Crippen LogP contribution in [0.5, 0.6) is 0 Å². The number of hydrogen-bond donors (Lipinski definition) is 2. The van der Waals surface area contributed by atoms with Crippen LogP contribution >= 0.6 is 11.6 Å². The molecule has 0 aliphatic carbocycles. The van der Waals surface area contributed by atoms with Crippen molar-refractivity contribution in [3.05, 3.63) is 34.9 Å². The van der Waals surface area contributed by atoms with Crippen LogP contribution in [-0.4, -0.2) is 16.8 Å². The third kappa shape index (κ3) is 5.13. The fourth-order valence-corrected chi connectivity index (χ4v) is 0.716. The van der Waals surface area contributed by atoms with Gasteiger partial charge in [0.1, 0.15) is 0 Å². The van der Waals surface area contributed by atoms with E-state index in [1.807, 2.05) is 0 Å². The monoisotopic (exact) mass is 188 g/mol. The predicted molar refractivity (Wildman–Crippen MR) is 50.1 cm³/mol. The molecule has 0 fully saturated rings. The Morgan fingerprint density at radius 1 is 1.17 bits per heavy atom. The Labute approximate surface area is 77.4 Å². The molecule has 2 N–H and O–H groups in total. The topological polar surface area (TPSA) is 40.5 Å². The van der Waals surface area contributed by atoms with Crippen LogP contribution in [0.25, 0.3) is 0 Å².